The maximum absolute atomic E-state index is 13.5. The average molecular weight is 495 g/mol. The number of hydrogen-bond donors (Lipinski definition) is 1. The van der Waals surface area contributed by atoms with Crippen LogP contribution in [0.5, 0.6) is 5.75 Å². The molecule has 0 radical (unpaired) electrons. The van der Waals surface area contributed by atoms with E-state index in [0.717, 1.165) is 11.1 Å². The Morgan fingerprint density at radius 1 is 1.00 bits per heavy atom. The first-order chi connectivity index (χ1) is 17.0. The lowest BCUT2D eigenvalue weighted by Gasteiger charge is -2.11. The minimum absolute atomic E-state index is 0.140. The molecule has 4 rings (SSSR count). The summed E-state index contributed by atoms with van der Waals surface area (Å²) in [4.78, 5) is 12.5. The summed E-state index contributed by atoms with van der Waals surface area (Å²) in [6.07, 6.45) is 0.533. The molecular formula is C26H24F2N4O2S. The first-order valence-electron chi connectivity index (χ1n) is 11.0. The van der Waals surface area contributed by atoms with Gasteiger partial charge >= 0.3 is 0 Å². The molecule has 0 spiro atoms. The molecule has 0 atom stereocenters. The molecule has 0 aliphatic carbocycles. The summed E-state index contributed by atoms with van der Waals surface area (Å²) >= 11 is 1.39. The fraction of sp³-hybridized carbons (Fsp3) is 0.192. The molecule has 1 heterocycles. The maximum atomic E-state index is 13.5. The van der Waals surface area contributed by atoms with Crippen LogP contribution in [0.2, 0.25) is 0 Å². The van der Waals surface area contributed by atoms with Crippen LogP contribution in [0, 0.1) is 11.6 Å². The lowest BCUT2D eigenvalue weighted by molar-refractivity contribution is -0.121. The molecule has 0 fully saturated rings. The fourth-order valence-electron chi connectivity index (χ4n) is 3.54. The second-order valence-electron chi connectivity index (χ2n) is 7.72. The number of aromatic nitrogens is 3. The Balaban J connectivity index is 1.46. The highest BCUT2D eigenvalue weighted by atomic mass is 32.2. The van der Waals surface area contributed by atoms with E-state index in [1.807, 2.05) is 30.3 Å². The highest BCUT2D eigenvalue weighted by Gasteiger charge is 2.16. The van der Waals surface area contributed by atoms with Gasteiger partial charge in [-0.05, 0) is 48.0 Å². The van der Waals surface area contributed by atoms with Gasteiger partial charge < -0.3 is 10.1 Å². The van der Waals surface area contributed by atoms with Crippen molar-refractivity contribution < 1.29 is 18.3 Å². The van der Waals surface area contributed by atoms with E-state index in [4.69, 9.17) is 4.74 Å². The van der Waals surface area contributed by atoms with Crippen LogP contribution in [0.3, 0.4) is 0 Å². The molecule has 35 heavy (non-hydrogen) atoms. The highest BCUT2D eigenvalue weighted by molar-refractivity contribution is 7.98. The number of halogens is 2. The average Bonchev–Trinajstić information content (AvgIpc) is 3.28. The topological polar surface area (TPSA) is 69.0 Å². The Morgan fingerprint density at radius 3 is 2.57 bits per heavy atom. The van der Waals surface area contributed by atoms with Gasteiger partial charge in [0.05, 0.1) is 7.11 Å². The molecule has 0 aliphatic rings. The van der Waals surface area contributed by atoms with E-state index >= 15 is 0 Å². The number of benzene rings is 3. The Hall–Kier alpha value is -3.72. The van der Waals surface area contributed by atoms with Crippen molar-refractivity contribution in [3.63, 3.8) is 0 Å². The lowest BCUT2D eigenvalue weighted by atomic mass is 10.2. The molecule has 0 unspecified atom stereocenters. The highest BCUT2D eigenvalue weighted by Crippen LogP contribution is 2.26. The van der Waals surface area contributed by atoms with Crippen molar-refractivity contribution in [3.05, 3.63) is 101 Å². The normalized spacial score (nSPS) is 10.8. The number of thioether (sulfide) groups is 1. The Labute approximate surface area is 206 Å². The van der Waals surface area contributed by atoms with Crippen molar-refractivity contribution in [2.45, 2.75) is 30.3 Å². The number of methoxy groups -OCH3 is 1. The Kier molecular flexibility index (Phi) is 8.10. The van der Waals surface area contributed by atoms with Crippen LogP contribution in [0.4, 0.5) is 8.78 Å². The summed E-state index contributed by atoms with van der Waals surface area (Å²) in [5.41, 5.74) is 2.37. The van der Waals surface area contributed by atoms with Gasteiger partial charge in [0, 0.05) is 36.4 Å². The summed E-state index contributed by atoms with van der Waals surface area (Å²) < 4.78 is 34.2. The lowest BCUT2D eigenvalue weighted by Crippen LogP contribution is -2.23. The molecule has 180 valence electrons. The van der Waals surface area contributed by atoms with Gasteiger partial charge in [0.15, 0.2) is 5.16 Å². The summed E-state index contributed by atoms with van der Waals surface area (Å²) in [6.45, 7) is 0.349. The molecule has 1 aromatic heterocycles. The zero-order chi connectivity index (χ0) is 24.6. The van der Waals surface area contributed by atoms with Gasteiger partial charge in [0.1, 0.15) is 23.2 Å². The SMILES string of the molecule is COc1ccccc1CNC(=O)CCc1nnc(SCc2cccc(F)c2)n1-c1ccc(F)cc1. The summed E-state index contributed by atoms with van der Waals surface area (Å²) in [5.74, 6) is 0.973. The third-order valence-electron chi connectivity index (χ3n) is 5.29. The standard InChI is InChI=1S/C26H24F2N4O2S/c1-34-23-8-3-2-6-19(23)16-29-25(33)14-13-24-30-31-26(32(24)22-11-9-20(27)10-12-22)35-17-18-5-4-7-21(28)15-18/h2-12,15H,13-14,16-17H2,1H3,(H,29,33). The molecule has 1 N–H and O–H groups in total. The third-order valence-corrected chi connectivity index (χ3v) is 6.29. The summed E-state index contributed by atoms with van der Waals surface area (Å²) in [5, 5.41) is 12.1. The number of hydrogen-bond acceptors (Lipinski definition) is 5. The van der Waals surface area contributed by atoms with E-state index in [9.17, 15) is 13.6 Å². The van der Waals surface area contributed by atoms with Gasteiger partial charge in [-0.2, -0.15) is 0 Å². The molecule has 4 aromatic rings. The van der Waals surface area contributed by atoms with Gasteiger partial charge in [0.25, 0.3) is 0 Å². The van der Waals surface area contributed by atoms with Crippen molar-refractivity contribution in [1.29, 1.82) is 0 Å². The number of nitrogens with zero attached hydrogens (tertiary/aromatic N) is 3. The number of amides is 1. The zero-order valence-corrected chi connectivity index (χ0v) is 19.9. The number of carbonyl (C=O) groups excluding carboxylic acids is 1. The maximum Gasteiger partial charge on any atom is 0.220 e. The first-order valence-corrected chi connectivity index (χ1v) is 12.0. The van der Waals surface area contributed by atoms with Crippen LogP contribution < -0.4 is 10.1 Å². The van der Waals surface area contributed by atoms with Crippen LogP contribution in [-0.2, 0) is 23.5 Å². The smallest absolute Gasteiger partial charge is 0.220 e. The molecule has 1 amide bonds. The molecule has 0 aliphatic heterocycles. The van der Waals surface area contributed by atoms with E-state index in [1.54, 1.807) is 29.9 Å². The minimum Gasteiger partial charge on any atom is -0.496 e. The van der Waals surface area contributed by atoms with Crippen molar-refractivity contribution >= 4 is 17.7 Å². The summed E-state index contributed by atoms with van der Waals surface area (Å²) in [7, 11) is 1.59. The van der Waals surface area contributed by atoms with Crippen molar-refractivity contribution in [1.82, 2.24) is 20.1 Å². The molecule has 0 bridgehead atoms. The minimum atomic E-state index is -0.354. The van der Waals surface area contributed by atoms with E-state index in [0.29, 0.717) is 41.1 Å². The molecule has 0 saturated carbocycles. The predicted molar refractivity (Wildman–Crippen MR) is 130 cm³/mol. The Morgan fingerprint density at radius 2 is 1.80 bits per heavy atom. The zero-order valence-electron chi connectivity index (χ0n) is 19.1. The van der Waals surface area contributed by atoms with Gasteiger partial charge in [-0.3, -0.25) is 9.36 Å². The van der Waals surface area contributed by atoms with Crippen molar-refractivity contribution in [2.24, 2.45) is 0 Å². The van der Waals surface area contributed by atoms with Crippen LogP contribution in [0.1, 0.15) is 23.4 Å². The second-order valence-corrected chi connectivity index (χ2v) is 8.66. The fourth-order valence-corrected chi connectivity index (χ4v) is 4.45. The van der Waals surface area contributed by atoms with Crippen molar-refractivity contribution in [2.75, 3.05) is 7.11 Å². The van der Waals surface area contributed by atoms with Gasteiger partial charge in [-0.15, -0.1) is 10.2 Å². The monoisotopic (exact) mass is 494 g/mol. The van der Waals surface area contributed by atoms with Crippen LogP contribution in [-0.4, -0.2) is 27.8 Å². The van der Waals surface area contributed by atoms with Crippen LogP contribution in [0.25, 0.3) is 5.69 Å². The number of aryl methyl sites for hydroxylation is 1. The molecular weight excluding hydrogens is 470 g/mol. The van der Waals surface area contributed by atoms with E-state index in [2.05, 4.69) is 15.5 Å². The third kappa shape index (κ3) is 6.45. The van der Waals surface area contributed by atoms with Crippen molar-refractivity contribution in [3.8, 4) is 11.4 Å². The molecule has 0 saturated heterocycles. The number of carbonyl (C=O) groups is 1. The second kappa shape index (κ2) is 11.6. The molecule has 9 heteroatoms. The summed E-state index contributed by atoms with van der Waals surface area (Å²) in [6, 6.07) is 19.8. The number of para-hydroxylation sites is 1. The van der Waals surface area contributed by atoms with Crippen LogP contribution in [0.15, 0.2) is 78.0 Å². The van der Waals surface area contributed by atoms with E-state index in [-0.39, 0.29) is 24.0 Å². The van der Waals surface area contributed by atoms with Gasteiger partial charge in [0.2, 0.25) is 5.91 Å². The van der Waals surface area contributed by atoms with E-state index < -0.39 is 0 Å². The van der Waals surface area contributed by atoms with Gasteiger partial charge in [-0.25, -0.2) is 8.78 Å². The predicted octanol–water partition coefficient (Wildman–Crippen LogP) is 5.10. The Bertz CT molecular complexity index is 1290. The number of nitrogens with one attached hydrogen (secondary N) is 1. The van der Waals surface area contributed by atoms with E-state index in [1.165, 1.54) is 36.0 Å². The largest absolute Gasteiger partial charge is 0.496 e. The number of ether oxygens (including phenoxy) is 1. The first kappa shape index (κ1) is 24.4. The quantitative estimate of drug-likeness (QED) is 0.311. The van der Waals surface area contributed by atoms with Crippen LogP contribution >= 0.6 is 11.8 Å². The molecule has 3 aromatic carbocycles. The van der Waals surface area contributed by atoms with Gasteiger partial charge in [-0.1, -0.05) is 42.1 Å². The number of rotatable bonds is 10. The molecule has 6 nitrogen and oxygen atoms in total.